The molecule has 1 aromatic rings. The number of nitrogens with zero attached hydrogens (tertiary/aromatic N) is 5. The van der Waals surface area contributed by atoms with Gasteiger partial charge in [0.25, 0.3) is 11.8 Å². The Labute approximate surface area is 232 Å². The molecule has 1 unspecified atom stereocenters. The molecule has 1 atom stereocenters. The molecule has 0 spiro atoms. The van der Waals surface area contributed by atoms with Crippen molar-refractivity contribution < 1.29 is 9.59 Å². The lowest BCUT2D eigenvalue weighted by Gasteiger charge is -2.28. The lowest BCUT2D eigenvalue weighted by molar-refractivity contribution is -0.119. The maximum atomic E-state index is 13.7. The fourth-order valence-corrected chi connectivity index (χ4v) is 4.05. The smallest absolute Gasteiger partial charge is 0.278 e. The highest BCUT2D eigenvalue weighted by Gasteiger charge is 2.29. The Morgan fingerprint density at radius 3 is 2.67 bits per heavy atom. The summed E-state index contributed by atoms with van der Waals surface area (Å²) in [7, 11) is 1.87. The fraction of sp³-hybridized carbons (Fsp3) is 0.533. The zero-order valence-corrected chi connectivity index (χ0v) is 24.3. The summed E-state index contributed by atoms with van der Waals surface area (Å²) in [6, 6.07) is 0.0888. The van der Waals surface area contributed by atoms with Crippen molar-refractivity contribution in [2.75, 3.05) is 20.1 Å². The van der Waals surface area contributed by atoms with Gasteiger partial charge in [0.05, 0.1) is 23.3 Å². The van der Waals surface area contributed by atoms with Gasteiger partial charge in [0, 0.05) is 38.3 Å². The number of rotatable bonds is 12. The van der Waals surface area contributed by atoms with E-state index in [1.54, 1.807) is 18.5 Å². The topological polar surface area (TPSA) is 112 Å². The number of aromatic nitrogens is 2. The molecule has 39 heavy (non-hydrogen) atoms. The first-order valence-corrected chi connectivity index (χ1v) is 13.9. The molecule has 2 N–H and O–H groups in total. The van der Waals surface area contributed by atoms with Crippen LogP contribution in [0.3, 0.4) is 0 Å². The van der Waals surface area contributed by atoms with Crippen LogP contribution in [0.4, 0.5) is 5.82 Å². The summed E-state index contributed by atoms with van der Waals surface area (Å²) >= 11 is 0. The van der Waals surface area contributed by atoms with Crippen molar-refractivity contribution in [3.63, 3.8) is 0 Å². The minimum absolute atomic E-state index is 0.0888. The summed E-state index contributed by atoms with van der Waals surface area (Å²) in [5, 5.41) is 5.94. The van der Waals surface area contributed by atoms with Gasteiger partial charge in [-0.25, -0.2) is 15.0 Å². The quantitative estimate of drug-likeness (QED) is 0.226. The van der Waals surface area contributed by atoms with Crippen molar-refractivity contribution in [1.29, 1.82) is 0 Å². The van der Waals surface area contributed by atoms with Gasteiger partial charge >= 0.3 is 0 Å². The van der Waals surface area contributed by atoms with Crippen LogP contribution in [0.1, 0.15) is 88.8 Å². The third-order valence-electron chi connectivity index (χ3n) is 6.60. The summed E-state index contributed by atoms with van der Waals surface area (Å²) in [5.74, 6) is 0.171. The van der Waals surface area contributed by atoms with Crippen molar-refractivity contribution in [1.82, 2.24) is 25.5 Å². The van der Waals surface area contributed by atoms with E-state index >= 15 is 0 Å². The van der Waals surface area contributed by atoms with Crippen molar-refractivity contribution in [2.24, 2.45) is 15.9 Å². The van der Waals surface area contributed by atoms with Gasteiger partial charge in [0.2, 0.25) is 0 Å². The molecule has 1 aliphatic carbocycles. The van der Waals surface area contributed by atoms with Gasteiger partial charge in [-0.2, -0.15) is 0 Å². The zero-order valence-electron chi connectivity index (χ0n) is 24.3. The SMILES string of the molecule is C=C(C)CCCN=CC(C)=Nc1ncc(C2CC2)nc1C(=O)NC1=C(C(=O)NCC(C)C)N(C)C(C)CC=C1. The monoisotopic (exact) mass is 533 g/mol. The van der Waals surface area contributed by atoms with E-state index in [0.29, 0.717) is 42.0 Å². The van der Waals surface area contributed by atoms with Crippen LogP contribution in [-0.2, 0) is 4.79 Å². The molecule has 1 saturated carbocycles. The molecule has 9 nitrogen and oxygen atoms in total. The molecule has 9 heteroatoms. The van der Waals surface area contributed by atoms with Crippen molar-refractivity contribution in [3.8, 4) is 0 Å². The predicted molar refractivity (Wildman–Crippen MR) is 158 cm³/mol. The van der Waals surface area contributed by atoms with Crippen molar-refractivity contribution in [2.45, 2.75) is 78.7 Å². The summed E-state index contributed by atoms with van der Waals surface area (Å²) in [6.45, 7) is 15.1. The number of hydrogen-bond acceptors (Lipinski definition) is 7. The molecule has 2 aliphatic rings. The van der Waals surface area contributed by atoms with Crippen LogP contribution in [0.25, 0.3) is 0 Å². The van der Waals surface area contributed by atoms with E-state index in [0.717, 1.165) is 43.4 Å². The van der Waals surface area contributed by atoms with Crippen LogP contribution < -0.4 is 10.6 Å². The maximum absolute atomic E-state index is 13.7. The second-order valence-corrected chi connectivity index (χ2v) is 11.0. The Hall–Kier alpha value is -3.62. The molecule has 2 amide bonds. The normalized spacial score (nSPS) is 18.1. The van der Waals surface area contributed by atoms with E-state index in [2.05, 4.69) is 37.2 Å². The molecule has 0 bridgehead atoms. The molecule has 0 saturated heterocycles. The maximum Gasteiger partial charge on any atom is 0.278 e. The average molecular weight is 534 g/mol. The number of carbonyl (C=O) groups excluding carboxylic acids is 2. The van der Waals surface area contributed by atoms with E-state index in [4.69, 9.17) is 0 Å². The predicted octanol–water partition coefficient (Wildman–Crippen LogP) is 4.87. The van der Waals surface area contributed by atoms with Crippen LogP contribution in [0, 0.1) is 5.92 Å². The van der Waals surface area contributed by atoms with Gasteiger partial charge in [-0.05, 0) is 64.9 Å². The molecule has 3 rings (SSSR count). The number of allylic oxidation sites excluding steroid dienone is 2. The van der Waals surface area contributed by atoms with Crippen LogP contribution in [0.15, 0.2) is 51.9 Å². The summed E-state index contributed by atoms with van der Waals surface area (Å²) < 4.78 is 0. The Morgan fingerprint density at radius 2 is 2.00 bits per heavy atom. The Bertz CT molecular complexity index is 1190. The first-order valence-electron chi connectivity index (χ1n) is 13.9. The summed E-state index contributed by atoms with van der Waals surface area (Å²) in [5.41, 5.74) is 3.53. The standard InChI is InChI=1S/C30H43N7O2/c1-19(2)10-9-15-31-17-21(5)34-28-26(35-25(18-32-28)23-13-14-23)29(38)36-24-12-8-11-22(6)37(7)27(24)30(39)33-16-20(3)4/h8,12,17-18,20,22-23H,1,9-11,13-16H2,2-7H3,(H,33,39)(H,36,38). The van der Waals surface area contributed by atoms with Crippen molar-refractivity contribution in [3.05, 3.63) is 53.3 Å². The number of likely N-dealkylation sites (N-methyl/N-ethyl adjacent to an activating group) is 1. The van der Waals surface area contributed by atoms with E-state index in [1.807, 2.05) is 52.6 Å². The van der Waals surface area contributed by atoms with Gasteiger partial charge in [-0.3, -0.25) is 14.6 Å². The second kappa shape index (κ2) is 14.0. The second-order valence-electron chi connectivity index (χ2n) is 11.0. The number of aliphatic imine (C=N–C) groups is 2. The third-order valence-corrected chi connectivity index (χ3v) is 6.60. The van der Waals surface area contributed by atoms with Gasteiger partial charge in [0.1, 0.15) is 5.70 Å². The molecule has 1 fully saturated rings. The van der Waals surface area contributed by atoms with E-state index < -0.39 is 5.91 Å². The van der Waals surface area contributed by atoms with Gasteiger partial charge < -0.3 is 15.5 Å². The van der Waals surface area contributed by atoms with Crippen LogP contribution in [0.5, 0.6) is 0 Å². The molecular weight excluding hydrogens is 490 g/mol. The van der Waals surface area contributed by atoms with Gasteiger partial charge in [-0.1, -0.05) is 25.5 Å². The number of nitrogens with one attached hydrogen (secondary N) is 2. The third kappa shape index (κ3) is 8.97. The molecule has 1 aromatic heterocycles. The molecule has 1 aliphatic heterocycles. The first-order chi connectivity index (χ1) is 18.6. The highest BCUT2D eigenvalue weighted by Crippen LogP contribution is 2.39. The lowest BCUT2D eigenvalue weighted by atomic mass is 10.2. The lowest BCUT2D eigenvalue weighted by Crippen LogP contribution is -2.40. The molecule has 2 heterocycles. The first kappa shape index (κ1) is 29.9. The largest absolute Gasteiger partial charge is 0.365 e. The highest BCUT2D eigenvalue weighted by molar-refractivity contribution is 6.30. The van der Waals surface area contributed by atoms with Crippen LogP contribution >= 0.6 is 0 Å². The molecule has 0 radical (unpaired) electrons. The fourth-order valence-electron chi connectivity index (χ4n) is 4.05. The van der Waals surface area contributed by atoms with Crippen LogP contribution in [0.2, 0.25) is 0 Å². The summed E-state index contributed by atoms with van der Waals surface area (Å²) in [4.78, 5) is 47.0. The minimum atomic E-state index is -0.452. The minimum Gasteiger partial charge on any atom is -0.365 e. The highest BCUT2D eigenvalue weighted by atomic mass is 16.2. The molecular formula is C30H43N7O2. The van der Waals surface area contributed by atoms with E-state index in [9.17, 15) is 9.59 Å². The Kier molecular flexibility index (Phi) is 10.7. The number of carbonyl (C=O) groups is 2. The summed E-state index contributed by atoms with van der Waals surface area (Å²) in [6.07, 6.45) is 11.8. The van der Waals surface area contributed by atoms with Gasteiger partial charge in [0.15, 0.2) is 11.5 Å². The Balaban J connectivity index is 1.91. The van der Waals surface area contributed by atoms with Crippen molar-refractivity contribution >= 4 is 29.6 Å². The molecule has 210 valence electrons. The van der Waals surface area contributed by atoms with Crippen LogP contribution in [-0.4, -0.2) is 64.8 Å². The zero-order chi connectivity index (χ0) is 28.5. The van der Waals surface area contributed by atoms with E-state index in [1.165, 1.54) is 0 Å². The van der Waals surface area contributed by atoms with E-state index in [-0.39, 0.29) is 23.5 Å². The van der Waals surface area contributed by atoms with Gasteiger partial charge in [-0.15, -0.1) is 6.58 Å². The number of amides is 2. The average Bonchev–Trinajstić information content (AvgIpc) is 3.73. The number of hydrogen-bond donors (Lipinski definition) is 2. The molecule has 0 aromatic carbocycles. The Morgan fingerprint density at radius 1 is 1.26 bits per heavy atom.